The summed E-state index contributed by atoms with van der Waals surface area (Å²) in [5.74, 6) is 1.07. The van der Waals surface area contributed by atoms with E-state index in [0.29, 0.717) is 11.5 Å². The van der Waals surface area contributed by atoms with Gasteiger partial charge in [-0.25, -0.2) is 0 Å². The highest BCUT2D eigenvalue weighted by atomic mass is 16.8. The summed E-state index contributed by atoms with van der Waals surface area (Å²) in [6, 6.07) is 74.0. The van der Waals surface area contributed by atoms with Gasteiger partial charge in [0.1, 0.15) is 78.6 Å². The third-order valence-electron chi connectivity index (χ3n) is 18.7. The lowest BCUT2D eigenvalue weighted by Gasteiger charge is -2.52. The van der Waals surface area contributed by atoms with Gasteiger partial charge in [0.15, 0.2) is 31.3 Å². The third-order valence-corrected chi connectivity index (χ3v) is 18.7. The number of rotatable bonds is 29. The summed E-state index contributed by atoms with van der Waals surface area (Å²) in [6.45, 7) is 6.50. The van der Waals surface area contributed by atoms with Crippen molar-refractivity contribution >= 4 is 0 Å². The van der Waals surface area contributed by atoms with Gasteiger partial charge >= 0.3 is 0 Å². The second kappa shape index (κ2) is 35.3. The molecule has 8 aromatic rings. The molecule has 5 saturated heterocycles. The van der Waals surface area contributed by atoms with E-state index in [4.69, 9.17) is 80.5 Å². The van der Waals surface area contributed by atoms with Gasteiger partial charge in [-0.05, 0) is 83.9 Å². The van der Waals surface area contributed by atoms with E-state index in [1.54, 1.807) is 31.4 Å². The van der Waals surface area contributed by atoms with Crippen LogP contribution in [0.3, 0.4) is 0 Å². The number of aliphatic hydroxyl groups is 1. The third kappa shape index (κ3) is 18.3. The zero-order valence-corrected chi connectivity index (χ0v) is 56.8. The molecule has 0 aromatic heterocycles. The number of hydrogen-bond donors (Lipinski definition) is 1. The fourth-order valence-electron chi connectivity index (χ4n) is 13.4. The number of azide groups is 1. The molecule has 5 heterocycles. The lowest BCUT2D eigenvalue weighted by atomic mass is 9.94. The number of methoxy groups -OCH3 is 1. The average Bonchev–Trinajstić information content (AvgIpc) is 0.764. The van der Waals surface area contributed by atoms with Crippen LogP contribution in [0.15, 0.2) is 242 Å². The molecule has 21 atom stereocenters. The van der Waals surface area contributed by atoms with Crippen molar-refractivity contribution in [3.63, 3.8) is 0 Å². The summed E-state index contributed by atoms with van der Waals surface area (Å²) in [7, 11) is 1.60. The van der Waals surface area contributed by atoms with Crippen molar-refractivity contribution in [1.82, 2.24) is 0 Å². The largest absolute Gasteiger partial charge is 0.497 e. The second-order valence-electron chi connectivity index (χ2n) is 25.7. The van der Waals surface area contributed by atoms with Gasteiger partial charge in [-0.1, -0.05) is 217 Å². The first-order chi connectivity index (χ1) is 49.6. The molecule has 13 rings (SSSR count). The molecule has 0 radical (unpaired) electrons. The summed E-state index contributed by atoms with van der Waals surface area (Å²) in [4.78, 5) is 3.25. The molecule has 21 nitrogen and oxygen atoms in total. The van der Waals surface area contributed by atoms with Crippen molar-refractivity contribution in [2.24, 2.45) is 5.11 Å². The number of hydrogen-bond acceptors (Lipinski definition) is 19. The van der Waals surface area contributed by atoms with Crippen molar-refractivity contribution in [3.05, 3.63) is 286 Å². The number of ether oxygens (including phenoxy) is 17. The SMILES string of the molecule is COc1ccc(O[C@@H]2O[C@@H](C)[C@H](OCc3ccccc3)[C@@H](OCc3ccccc3)[C@H]2O[C@@H]2O[C@@H](C)[C@H](OCc3ccccc3)[C@@H](OCc3ccccc3)[C@H]2O[C@@H]2O[C@@H](C)[C@H](OCc3ccccc3)[C@@H](OCc3ccccc3)[C@H]2O[C@@H]2O[C@@H]3COC(c4ccccc4)O[C@H]3[C@H](O)[C@H]2N=[N+]=[N-])cc1. The Labute approximate surface area is 588 Å². The van der Waals surface area contributed by atoms with Crippen molar-refractivity contribution in [1.29, 1.82) is 0 Å². The predicted molar refractivity (Wildman–Crippen MR) is 369 cm³/mol. The van der Waals surface area contributed by atoms with E-state index in [1.165, 1.54) is 0 Å². The molecule has 0 bridgehead atoms. The van der Waals surface area contributed by atoms with Crippen molar-refractivity contribution in [3.8, 4) is 11.5 Å². The monoisotopic (exact) mass is 1380 g/mol. The number of aliphatic hydroxyl groups excluding tert-OH is 1. The Balaban J connectivity index is 0.930. The van der Waals surface area contributed by atoms with Crippen molar-refractivity contribution in [2.45, 2.75) is 189 Å². The predicted octanol–water partition coefficient (Wildman–Crippen LogP) is 12.9. The molecule has 0 amide bonds. The molecule has 0 spiro atoms. The highest BCUT2D eigenvalue weighted by molar-refractivity contribution is 5.31. The maximum atomic E-state index is 12.5. The van der Waals surface area contributed by atoms with Gasteiger partial charge in [0.2, 0.25) is 6.29 Å². The fraction of sp³-hybridized carbons (Fsp3) is 0.400. The molecule has 8 aromatic carbocycles. The van der Waals surface area contributed by atoms with Crippen LogP contribution in [-0.4, -0.2) is 142 Å². The first-order valence-electron chi connectivity index (χ1n) is 34.5. The minimum absolute atomic E-state index is 0.0263. The van der Waals surface area contributed by atoms with Crippen molar-refractivity contribution in [2.75, 3.05) is 13.7 Å². The molecular formula is C80H87N3O18. The lowest BCUT2D eigenvalue weighted by molar-refractivity contribution is -0.409. The summed E-state index contributed by atoms with van der Waals surface area (Å²) in [5.41, 5.74) is 16.4. The smallest absolute Gasteiger partial charge is 0.229 e. The van der Waals surface area contributed by atoms with Gasteiger partial charge in [0, 0.05) is 10.5 Å². The topological polar surface area (TPSA) is 226 Å². The number of nitrogens with zero attached hydrogens (tertiary/aromatic N) is 3. The first-order valence-corrected chi connectivity index (χ1v) is 34.5. The molecular weight excluding hydrogens is 1290 g/mol. The van der Waals surface area contributed by atoms with E-state index in [2.05, 4.69) is 10.0 Å². The molecule has 21 heteroatoms. The lowest BCUT2D eigenvalue weighted by Crippen LogP contribution is -2.68. The fourth-order valence-corrected chi connectivity index (χ4v) is 13.4. The van der Waals surface area contributed by atoms with Crippen LogP contribution in [0.1, 0.15) is 66.0 Å². The van der Waals surface area contributed by atoms with E-state index >= 15 is 0 Å². The quantitative estimate of drug-likeness (QED) is 0.0261. The van der Waals surface area contributed by atoms with Gasteiger partial charge in [0.25, 0.3) is 0 Å². The van der Waals surface area contributed by atoms with Gasteiger partial charge in [-0.3, -0.25) is 0 Å². The summed E-state index contributed by atoms with van der Waals surface area (Å²) in [5, 5.41) is 16.7. The second-order valence-corrected chi connectivity index (χ2v) is 25.7. The maximum absolute atomic E-state index is 12.5. The summed E-state index contributed by atoms with van der Waals surface area (Å²) >= 11 is 0. The van der Waals surface area contributed by atoms with Crippen LogP contribution in [-0.2, 0) is 111 Å². The van der Waals surface area contributed by atoms with E-state index in [1.807, 2.05) is 233 Å². The van der Waals surface area contributed by atoms with Gasteiger partial charge in [-0.15, -0.1) is 0 Å². The van der Waals surface area contributed by atoms with E-state index in [-0.39, 0.29) is 46.2 Å². The van der Waals surface area contributed by atoms with Crippen LogP contribution in [0, 0.1) is 0 Å². The highest BCUT2D eigenvalue weighted by Gasteiger charge is 2.58. The minimum Gasteiger partial charge on any atom is -0.497 e. The molecule has 0 aliphatic carbocycles. The van der Waals surface area contributed by atoms with Gasteiger partial charge in [0.05, 0.1) is 77.8 Å². The molecule has 1 unspecified atom stereocenters. The Kier molecular flexibility index (Phi) is 24.9. The Morgan fingerprint density at radius 1 is 0.386 bits per heavy atom. The minimum atomic E-state index is -1.51. The Morgan fingerprint density at radius 3 is 1.08 bits per heavy atom. The molecule has 5 aliphatic heterocycles. The van der Waals surface area contributed by atoms with Gasteiger partial charge < -0.3 is 85.6 Å². The van der Waals surface area contributed by atoms with Crippen LogP contribution >= 0.6 is 0 Å². The first kappa shape index (κ1) is 71.4. The molecule has 1 N–H and O–H groups in total. The highest BCUT2D eigenvalue weighted by Crippen LogP contribution is 2.42. The molecule has 0 saturated carbocycles. The zero-order chi connectivity index (χ0) is 69.3. The van der Waals surface area contributed by atoms with Crippen molar-refractivity contribution < 1.29 is 85.6 Å². The Bertz CT molecular complexity index is 3790. The Hall–Kier alpha value is -7.97. The summed E-state index contributed by atoms with van der Waals surface area (Å²) in [6.07, 6.45) is -21.6. The molecule has 5 aliphatic rings. The average molecular weight is 1380 g/mol. The van der Waals surface area contributed by atoms with Gasteiger partial charge in [-0.2, -0.15) is 0 Å². The molecule has 530 valence electrons. The number of fused-ring (bicyclic) bond motifs is 1. The number of benzene rings is 8. The van der Waals surface area contributed by atoms with E-state index < -0.39 is 129 Å². The standard InChI is InChI=1S/C80H87N3O18/c1-51-66(86-44-54-26-12-5-13-27-54)70(89-47-57-32-18-8-19-33-57)73(78(93-51)96-62-42-40-61(85-4)41-43-62)100-80-75(72(91-49-59-36-22-10-23-37-59)68(53(3)95-80)88-46-56-30-16-7-17-31-56)101-79-74(71(90-48-58-34-20-9-21-35-58)67(52(2)94-79)87-45-55-28-14-6-15-29-55)99-77-64(82-83-81)65(84)69-63(97-77)50-92-76(98-69)60-38-24-11-25-39-60/h5-43,51-53,63-80,84H,44-50H2,1-4H3/t51-,52-,53-,63+,64+,65+,66-,67-,68-,69+,70+,71+,72+,73+,74+,75+,76?,77-,78-,79-,80-/m0/s1. The van der Waals surface area contributed by atoms with Crippen LogP contribution in [0.2, 0.25) is 0 Å². The van der Waals surface area contributed by atoms with E-state index in [0.717, 1.165) is 38.9 Å². The van der Waals surface area contributed by atoms with Crippen LogP contribution in [0.25, 0.3) is 10.4 Å². The molecule has 5 fully saturated rings. The molecule has 101 heavy (non-hydrogen) atoms. The van der Waals surface area contributed by atoms with E-state index in [9.17, 15) is 10.6 Å². The van der Waals surface area contributed by atoms with Crippen LogP contribution < -0.4 is 9.47 Å². The zero-order valence-electron chi connectivity index (χ0n) is 56.8. The maximum Gasteiger partial charge on any atom is 0.229 e. The van der Waals surface area contributed by atoms with Crippen LogP contribution in [0.5, 0.6) is 11.5 Å². The van der Waals surface area contributed by atoms with Crippen LogP contribution in [0.4, 0.5) is 0 Å². The Morgan fingerprint density at radius 2 is 0.713 bits per heavy atom. The summed E-state index contributed by atoms with van der Waals surface area (Å²) < 4.78 is 119. The normalized spacial score (nSPS) is 31.0.